The molecule has 3 rings (SSSR count). The maximum Gasteiger partial charge on any atom is 0.223 e. The summed E-state index contributed by atoms with van der Waals surface area (Å²) in [5.41, 5.74) is 2.45. The Morgan fingerprint density at radius 1 is 1.04 bits per heavy atom. The van der Waals surface area contributed by atoms with Crippen LogP contribution < -0.4 is 4.90 Å². The van der Waals surface area contributed by atoms with Crippen LogP contribution in [0.25, 0.3) is 0 Å². The van der Waals surface area contributed by atoms with Crippen LogP contribution in [0.3, 0.4) is 0 Å². The molecule has 1 fully saturated rings. The molecule has 24 heavy (non-hydrogen) atoms. The minimum absolute atomic E-state index is 0.268. The zero-order chi connectivity index (χ0) is 16.8. The number of hydrogen-bond acceptors (Lipinski definition) is 4. The molecule has 2 heterocycles. The lowest BCUT2D eigenvalue weighted by Gasteiger charge is -2.36. The quantitative estimate of drug-likeness (QED) is 0.783. The lowest BCUT2D eigenvalue weighted by molar-refractivity contribution is -0.131. The second-order valence-corrected chi connectivity index (χ2v) is 7.15. The topological polar surface area (TPSA) is 36.4 Å². The summed E-state index contributed by atoms with van der Waals surface area (Å²) in [5, 5.41) is 0. The third-order valence-electron chi connectivity index (χ3n) is 4.27. The standard InChI is InChI=1S/C19H23N3OS/c1-16-2-4-18(5-3-16)24-15-8-19(23)22-13-11-21(12-14-22)17-6-9-20-10-7-17/h2-7,9-10H,8,11-15H2,1H3. The average Bonchev–Trinajstić information content (AvgIpc) is 2.64. The summed E-state index contributed by atoms with van der Waals surface area (Å²) in [7, 11) is 0. The summed E-state index contributed by atoms with van der Waals surface area (Å²) in [4.78, 5) is 22.0. The summed E-state index contributed by atoms with van der Waals surface area (Å²) in [6.07, 6.45) is 4.23. The average molecular weight is 341 g/mol. The maximum absolute atomic E-state index is 12.4. The third-order valence-corrected chi connectivity index (χ3v) is 5.28. The number of nitrogens with zero attached hydrogens (tertiary/aromatic N) is 3. The van der Waals surface area contributed by atoms with Gasteiger partial charge in [0.15, 0.2) is 0 Å². The molecule has 1 aliphatic rings. The van der Waals surface area contributed by atoms with E-state index in [1.165, 1.54) is 16.1 Å². The van der Waals surface area contributed by atoms with Crippen LogP contribution in [0, 0.1) is 6.92 Å². The predicted octanol–water partition coefficient (Wildman–Crippen LogP) is 3.22. The molecule has 2 aromatic rings. The molecule has 1 aromatic carbocycles. The molecule has 0 saturated carbocycles. The van der Waals surface area contributed by atoms with Gasteiger partial charge in [0, 0.05) is 61.3 Å². The van der Waals surface area contributed by atoms with Gasteiger partial charge in [-0.05, 0) is 31.2 Å². The van der Waals surface area contributed by atoms with Crippen molar-refractivity contribution in [3.63, 3.8) is 0 Å². The second-order valence-electron chi connectivity index (χ2n) is 5.98. The van der Waals surface area contributed by atoms with Gasteiger partial charge < -0.3 is 9.80 Å². The van der Waals surface area contributed by atoms with Gasteiger partial charge >= 0.3 is 0 Å². The van der Waals surface area contributed by atoms with E-state index < -0.39 is 0 Å². The van der Waals surface area contributed by atoms with E-state index in [1.807, 2.05) is 29.4 Å². The van der Waals surface area contributed by atoms with Gasteiger partial charge in [0.25, 0.3) is 0 Å². The minimum Gasteiger partial charge on any atom is -0.368 e. The van der Waals surface area contributed by atoms with Gasteiger partial charge in [0.1, 0.15) is 0 Å². The van der Waals surface area contributed by atoms with Crippen molar-refractivity contribution >= 4 is 23.4 Å². The van der Waals surface area contributed by atoms with E-state index in [0.717, 1.165) is 31.9 Å². The number of rotatable bonds is 5. The van der Waals surface area contributed by atoms with E-state index in [4.69, 9.17) is 0 Å². The molecule has 1 amide bonds. The smallest absolute Gasteiger partial charge is 0.223 e. The van der Waals surface area contributed by atoms with Crippen LogP contribution in [-0.2, 0) is 4.79 Å². The van der Waals surface area contributed by atoms with Crippen LogP contribution in [0.1, 0.15) is 12.0 Å². The first-order valence-electron chi connectivity index (χ1n) is 8.34. The molecule has 0 aliphatic carbocycles. The molecular weight excluding hydrogens is 318 g/mol. The zero-order valence-electron chi connectivity index (χ0n) is 14.0. The molecule has 5 heteroatoms. The first-order valence-corrected chi connectivity index (χ1v) is 9.33. The number of aryl methyl sites for hydroxylation is 1. The van der Waals surface area contributed by atoms with E-state index in [1.54, 1.807) is 11.8 Å². The number of piperazine rings is 1. The molecule has 126 valence electrons. The molecule has 0 N–H and O–H groups in total. The Morgan fingerprint density at radius 3 is 2.38 bits per heavy atom. The molecule has 1 aliphatic heterocycles. The van der Waals surface area contributed by atoms with Gasteiger partial charge in [-0.25, -0.2) is 0 Å². The number of carbonyl (C=O) groups is 1. The summed E-state index contributed by atoms with van der Waals surface area (Å²) < 4.78 is 0. The highest BCUT2D eigenvalue weighted by Gasteiger charge is 2.20. The Bertz CT molecular complexity index is 652. The van der Waals surface area contributed by atoms with Crippen molar-refractivity contribution in [3.8, 4) is 0 Å². The Morgan fingerprint density at radius 2 is 1.71 bits per heavy atom. The molecule has 0 radical (unpaired) electrons. The largest absolute Gasteiger partial charge is 0.368 e. The summed E-state index contributed by atoms with van der Waals surface area (Å²) in [5.74, 6) is 1.11. The Balaban J connectivity index is 1.41. The van der Waals surface area contributed by atoms with Gasteiger partial charge in [0.05, 0.1) is 0 Å². The number of aromatic nitrogens is 1. The number of amides is 1. The van der Waals surface area contributed by atoms with E-state index in [-0.39, 0.29) is 5.91 Å². The number of carbonyl (C=O) groups excluding carboxylic acids is 1. The van der Waals surface area contributed by atoms with Gasteiger partial charge in [0.2, 0.25) is 5.91 Å². The number of benzene rings is 1. The highest BCUT2D eigenvalue weighted by Crippen LogP contribution is 2.20. The summed E-state index contributed by atoms with van der Waals surface area (Å²) >= 11 is 1.75. The fourth-order valence-corrected chi connectivity index (χ4v) is 3.66. The van der Waals surface area contributed by atoms with Crippen LogP contribution in [0.5, 0.6) is 0 Å². The zero-order valence-corrected chi connectivity index (χ0v) is 14.8. The Labute approximate surface area is 147 Å². The van der Waals surface area contributed by atoms with Crippen LogP contribution in [0.15, 0.2) is 53.7 Å². The molecule has 1 saturated heterocycles. The van der Waals surface area contributed by atoms with Gasteiger partial charge in [-0.15, -0.1) is 11.8 Å². The molecule has 0 unspecified atom stereocenters. The highest BCUT2D eigenvalue weighted by atomic mass is 32.2. The van der Waals surface area contributed by atoms with Gasteiger partial charge in [-0.3, -0.25) is 9.78 Å². The van der Waals surface area contributed by atoms with Crippen molar-refractivity contribution in [1.82, 2.24) is 9.88 Å². The minimum atomic E-state index is 0.268. The first-order chi connectivity index (χ1) is 11.7. The lowest BCUT2D eigenvalue weighted by Crippen LogP contribution is -2.48. The number of hydrogen-bond donors (Lipinski definition) is 0. The van der Waals surface area contributed by atoms with Crippen LogP contribution in [0.2, 0.25) is 0 Å². The fourth-order valence-electron chi connectivity index (χ4n) is 2.82. The second kappa shape index (κ2) is 8.20. The van der Waals surface area contributed by atoms with E-state index >= 15 is 0 Å². The van der Waals surface area contributed by atoms with E-state index in [9.17, 15) is 4.79 Å². The molecule has 1 aromatic heterocycles. The molecule has 0 bridgehead atoms. The monoisotopic (exact) mass is 341 g/mol. The van der Waals surface area contributed by atoms with Gasteiger partial charge in [-0.2, -0.15) is 0 Å². The molecular formula is C19H23N3OS. The first kappa shape index (κ1) is 16.8. The van der Waals surface area contributed by atoms with E-state index in [0.29, 0.717) is 6.42 Å². The molecule has 4 nitrogen and oxygen atoms in total. The normalized spacial score (nSPS) is 14.7. The predicted molar refractivity (Wildman–Crippen MR) is 99.6 cm³/mol. The molecule has 0 spiro atoms. The van der Waals surface area contributed by atoms with Crippen molar-refractivity contribution in [1.29, 1.82) is 0 Å². The maximum atomic E-state index is 12.4. The summed E-state index contributed by atoms with van der Waals surface area (Å²) in [6, 6.07) is 12.5. The SMILES string of the molecule is Cc1ccc(SCCC(=O)N2CCN(c3ccncc3)CC2)cc1. The van der Waals surface area contributed by atoms with Crippen molar-refractivity contribution in [2.75, 3.05) is 36.8 Å². The van der Waals surface area contributed by atoms with Crippen molar-refractivity contribution < 1.29 is 4.79 Å². The third kappa shape index (κ3) is 4.51. The number of thioether (sulfide) groups is 1. The van der Waals surface area contributed by atoms with Crippen molar-refractivity contribution in [2.45, 2.75) is 18.2 Å². The van der Waals surface area contributed by atoms with E-state index in [2.05, 4.69) is 41.1 Å². The summed E-state index contributed by atoms with van der Waals surface area (Å²) in [6.45, 7) is 5.47. The fraction of sp³-hybridized carbons (Fsp3) is 0.368. The number of anilines is 1. The lowest BCUT2D eigenvalue weighted by atomic mass is 10.2. The van der Waals surface area contributed by atoms with Crippen LogP contribution in [0.4, 0.5) is 5.69 Å². The van der Waals surface area contributed by atoms with Crippen molar-refractivity contribution in [2.24, 2.45) is 0 Å². The van der Waals surface area contributed by atoms with Gasteiger partial charge in [-0.1, -0.05) is 17.7 Å². The number of pyridine rings is 1. The van der Waals surface area contributed by atoms with Crippen molar-refractivity contribution in [3.05, 3.63) is 54.4 Å². The van der Waals surface area contributed by atoms with Crippen LogP contribution in [-0.4, -0.2) is 47.7 Å². The Hall–Kier alpha value is -2.01. The van der Waals surface area contributed by atoms with Crippen LogP contribution >= 0.6 is 11.8 Å². The molecule has 0 atom stereocenters. The highest BCUT2D eigenvalue weighted by molar-refractivity contribution is 7.99. The Kier molecular flexibility index (Phi) is 5.75.